The number of ether oxygens (including phenoxy) is 1. The van der Waals surface area contributed by atoms with Crippen molar-refractivity contribution < 1.29 is 43.4 Å². The molecular formula is C10H10F4OW. The summed E-state index contributed by atoms with van der Waals surface area (Å²) in [5.74, 6) is -1.94. The van der Waals surface area contributed by atoms with Crippen molar-refractivity contribution in [2.24, 2.45) is 0 Å². The Morgan fingerprint density at radius 1 is 1.25 bits per heavy atom. The molecule has 0 spiro atoms. The van der Waals surface area contributed by atoms with E-state index >= 15 is 0 Å². The zero-order chi connectivity index (χ0) is 10.9. The van der Waals surface area contributed by atoms with Gasteiger partial charge in [0.05, 0.1) is 11.6 Å². The standard InChI is InChI=1S/C9H7F4O.CH3.W/c1-5-3-6(2)8(10)7(4-5)14-9(11,12)13;;/h3H,1-2H3;1H3;/q2*-1;+2. The van der Waals surface area contributed by atoms with Crippen LogP contribution in [-0.2, 0) is 21.1 Å². The summed E-state index contributed by atoms with van der Waals surface area (Å²) < 4.78 is 51.8. The number of halogens is 4. The minimum absolute atomic E-state index is 0. The Hall–Kier alpha value is -0.572. The molecule has 0 saturated heterocycles. The fourth-order valence-electron chi connectivity index (χ4n) is 1.02. The predicted molar refractivity (Wildman–Crippen MR) is 47.8 cm³/mol. The van der Waals surface area contributed by atoms with Crippen LogP contribution < -0.4 is 4.74 Å². The predicted octanol–water partition coefficient (Wildman–Crippen LogP) is 3.59. The normalized spacial score (nSPS) is 10.1. The van der Waals surface area contributed by atoms with E-state index in [0.29, 0.717) is 5.56 Å². The summed E-state index contributed by atoms with van der Waals surface area (Å²) in [6.07, 6.45) is -4.89. The number of aryl methyl sites for hydroxylation is 2. The first-order chi connectivity index (χ1) is 6.29. The van der Waals surface area contributed by atoms with Gasteiger partial charge in [-0.1, -0.05) is 13.8 Å². The van der Waals surface area contributed by atoms with Gasteiger partial charge in [-0.05, 0) is 0 Å². The molecule has 0 N–H and O–H groups in total. The summed E-state index contributed by atoms with van der Waals surface area (Å²) in [7, 11) is 0. The molecule has 0 aromatic heterocycles. The topological polar surface area (TPSA) is 9.23 Å². The maximum Gasteiger partial charge on any atom is 2.00 e. The molecule has 0 aliphatic heterocycles. The summed E-state index contributed by atoms with van der Waals surface area (Å²) in [6.45, 7) is 2.87. The third-order valence-corrected chi connectivity index (χ3v) is 1.51. The quantitative estimate of drug-likeness (QED) is 0.512. The van der Waals surface area contributed by atoms with Crippen LogP contribution >= 0.6 is 0 Å². The molecular weight excluding hydrogens is 396 g/mol. The molecule has 1 rings (SSSR count). The van der Waals surface area contributed by atoms with Crippen molar-refractivity contribution in [2.45, 2.75) is 20.2 Å². The van der Waals surface area contributed by atoms with Crippen LogP contribution in [0.4, 0.5) is 17.6 Å². The molecule has 1 nitrogen and oxygen atoms in total. The van der Waals surface area contributed by atoms with Crippen LogP contribution in [0.1, 0.15) is 11.1 Å². The zero-order valence-corrected chi connectivity index (χ0v) is 11.8. The molecule has 0 radical (unpaired) electrons. The van der Waals surface area contributed by atoms with Gasteiger partial charge in [0.15, 0.2) is 0 Å². The maximum absolute atomic E-state index is 13.1. The molecule has 16 heavy (non-hydrogen) atoms. The number of hydrogen-bond acceptors (Lipinski definition) is 1. The van der Waals surface area contributed by atoms with E-state index in [1.165, 1.54) is 19.9 Å². The third kappa shape index (κ3) is 4.97. The van der Waals surface area contributed by atoms with Crippen LogP contribution in [-0.4, -0.2) is 6.36 Å². The van der Waals surface area contributed by atoms with Crippen LogP contribution in [0.5, 0.6) is 5.75 Å². The minimum atomic E-state index is -4.89. The van der Waals surface area contributed by atoms with Gasteiger partial charge in [-0.2, -0.15) is 11.6 Å². The van der Waals surface area contributed by atoms with Crippen molar-refractivity contribution in [3.8, 4) is 5.75 Å². The number of alkyl halides is 3. The molecule has 0 bridgehead atoms. The first-order valence-electron chi connectivity index (χ1n) is 3.74. The first-order valence-corrected chi connectivity index (χ1v) is 3.74. The monoisotopic (exact) mass is 406 g/mol. The second kappa shape index (κ2) is 6.23. The summed E-state index contributed by atoms with van der Waals surface area (Å²) in [4.78, 5) is 0. The molecule has 1 aromatic carbocycles. The first kappa shape index (κ1) is 17.8. The Morgan fingerprint density at radius 3 is 2.19 bits per heavy atom. The van der Waals surface area contributed by atoms with E-state index in [-0.39, 0.29) is 34.1 Å². The van der Waals surface area contributed by atoms with E-state index in [9.17, 15) is 17.6 Å². The van der Waals surface area contributed by atoms with Crippen molar-refractivity contribution in [1.29, 1.82) is 0 Å². The smallest absolute Gasteiger partial charge is 0.430 e. The van der Waals surface area contributed by atoms with E-state index in [1.807, 2.05) is 0 Å². The third-order valence-electron chi connectivity index (χ3n) is 1.51. The number of rotatable bonds is 1. The van der Waals surface area contributed by atoms with Crippen molar-refractivity contribution in [3.63, 3.8) is 0 Å². The molecule has 1 aromatic rings. The molecule has 0 fully saturated rings. The molecule has 6 heteroatoms. The van der Waals surface area contributed by atoms with Crippen molar-refractivity contribution >= 4 is 0 Å². The second-order valence-electron chi connectivity index (χ2n) is 2.83. The second-order valence-corrected chi connectivity index (χ2v) is 2.83. The zero-order valence-electron chi connectivity index (χ0n) is 8.91. The fourth-order valence-corrected chi connectivity index (χ4v) is 1.02. The number of benzene rings is 1. The molecule has 0 saturated carbocycles. The van der Waals surface area contributed by atoms with Gasteiger partial charge in [0.25, 0.3) is 0 Å². The van der Waals surface area contributed by atoms with Gasteiger partial charge >= 0.3 is 27.4 Å². The van der Waals surface area contributed by atoms with Crippen LogP contribution in [0.2, 0.25) is 0 Å². The summed E-state index contributed by atoms with van der Waals surface area (Å²) in [6, 6.07) is 3.54. The van der Waals surface area contributed by atoms with E-state index < -0.39 is 17.9 Å². The molecule has 0 unspecified atom stereocenters. The van der Waals surface area contributed by atoms with Gasteiger partial charge in [0.2, 0.25) is 0 Å². The van der Waals surface area contributed by atoms with E-state index in [2.05, 4.69) is 10.8 Å². The molecule has 90 valence electrons. The van der Waals surface area contributed by atoms with Gasteiger partial charge in [-0.15, -0.1) is 24.8 Å². The molecule has 0 atom stereocenters. The van der Waals surface area contributed by atoms with E-state index in [4.69, 9.17) is 0 Å². The van der Waals surface area contributed by atoms with Crippen LogP contribution in [0.25, 0.3) is 0 Å². The Bertz CT molecular complexity index is 349. The van der Waals surface area contributed by atoms with Crippen LogP contribution in [0.3, 0.4) is 0 Å². The fraction of sp³-hybridized carbons (Fsp3) is 0.300. The van der Waals surface area contributed by atoms with Crippen LogP contribution in [0.15, 0.2) is 6.07 Å². The summed E-state index contributed by atoms with van der Waals surface area (Å²) in [5, 5.41) is 0. The van der Waals surface area contributed by atoms with Gasteiger partial charge in [0, 0.05) is 0 Å². The molecule has 0 aliphatic rings. The molecule has 0 aliphatic carbocycles. The van der Waals surface area contributed by atoms with E-state index in [1.54, 1.807) is 0 Å². The molecule has 0 heterocycles. The average molecular weight is 406 g/mol. The summed E-state index contributed by atoms with van der Waals surface area (Å²) in [5.41, 5.74) is 0.489. The molecule has 0 amide bonds. The van der Waals surface area contributed by atoms with Crippen molar-refractivity contribution in [2.75, 3.05) is 0 Å². The van der Waals surface area contributed by atoms with Crippen molar-refractivity contribution in [3.05, 3.63) is 36.5 Å². The van der Waals surface area contributed by atoms with Gasteiger partial charge in [-0.3, -0.25) is 4.39 Å². The minimum Gasteiger partial charge on any atom is -0.430 e. The van der Waals surface area contributed by atoms with Crippen LogP contribution in [0, 0.1) is 33.2 Å². The Kier molecular flexibility index (Phi) is 6.94. The van der Waals surface area contributed by atoms with E-state index in [0.717, 1.165) is 0 Å². The van der Waals surface area contributed by atoms with Gasteiger partial charge in [0.1, 0.15) is 0 Å². The largest absolute Gasteiger partial charge is 2.00 e. The van der Waals surface area contributed by atoms with Gasteiger partial charge < -0.3 is 12.2 Å². The summed E-state index contributed by atoms with van der Waals surface area (Å²) >= 11 is 0. The average Bonchev–Trinajstić information content (AvgIpc) is 1.96. The SMILES string of the molecule is Cc1[c-]c(OC(F)(F)F)c(F)c(C)c1.[CH3-].[W+2]. The van der Waals surface area contributed by atoms with Crippen molar-refractivity contribution in [1.82, 2.24) is 0 Å². The Morgan fingerprint density at radius 2 is 1.75 bits per heavy atom. The Balaban J connectivity index is 0. The number of hydrogen-bond donors (Lipinski definition) is 0. The van der Waals surface area contributed by atoms with Gasteiger partial charge in [-0.25, -0.2) is 0 Å². The maximum atomic E-state index is 13.1. The Labute approximate surface area is 106 Å².